The van der Waals surface area contributed by atoms with Crippen LogP contribution in [0.2, 0.25) is 0 Å². The number of hydrogen-bond donors (Lipinski definition) is 1. The summed E-state index contributed by atoms with van der Waals surface area (Å²) in [5.41, 5.74) is 5.13. The number of halogens is 2. The maximum atomic E-state index is 13.4. The zero-order valence-corrected chi connectivity index (χ0v) is 11.9. The molecule has 0 heterocycles. The maximum absolute atomic E-state index is 13.4. The van der Waals surface area contributed by atoms with E-state index in [0.29, 0.717) is 12.8 Å². The van der Waals surface area contributed by atoms with E-state index in [-0.39, 0.29) is 18.3 Å². The first-order chi connectivity index (χ1) is 9.97. The van der Waals surface area contributed by atoms with Crippen molar-refractivity contribution >= 4 is 5.97 Å². The quantitative estimate of drug-likeness (QED) is 0.848. The normalized spacial score (nSPS) is 24.9. The average molecular weight is 299 g/mol. The third-order valence-corrected chi connectivity index (χ3v) is 4.05. The molecule has 0 saturated heterocycles. The second kappa shape index (κ2) is 6.39. The van der Waals surface area contributed by atoms with E-state index in [1.165, 1.54) is 7.11 Å². The van der Waals surface area contributed by atoms with Gasteiger partial charge in [-0.1, -0.05) is 6.42 Å². The van der Waals surface area contributed by atoms with E-state index in [2.05, 4.69) is 0 Å². The Morgan fingerprint density at radius 1 is 1.48 bits per heavy atom. The molecule has 0 radical (unpaired) electrons. The zero-order chi connectivity index (χ0) is 15.5. The van der Waals surface area contributed by atoms with Crippen molar-refractivity contribution < 1.29 is 23.0 Å². The summed E-state index contributed by atoms with van der Waals surface area (Å²) >= 11 is 0. The van der Waals surface area contributed by atoms with Crippen LogP contribution < -0.4 is 10.5 Å². The van der Waals surface area contributed by atoms with Crippen LogP contribution in [0.4, 0.5) is 8.78 Å². The van der Waals surface area contributed by atoms with Crippen LogP contribution in [0, 0.1) is 17.6 Å². The molecular formula is C15H19F2NO3. The van der Waals surface area contributed by atoms with Crippen LogP contribution in [0.15, 0.2) is 18.2 Å². The predicted octanol–water partition coefficient (Wildman–Crippen LogP) is 2.40. The lowest BCUT2D eigenvalue weighted by Crippen LogP contribution is -2.52. The van der Waals surface area contributed by atoms with Gasteiger partial charge in [0.2, 0.25) is 0 Å². The van der Waals surface area contributed by atoms with Gasteiger partial charge in [0.15, 0.2) is 11.6 Å². The fourth-order valence-corrected chi connectivity index (χ4v) is 2.86. The largest absolute Gasteiger partial charge is 0.490 e. The van der Waals surface area contributed by atoms with Crippen molar-refractivity contribution in [2.24, 2.45) is 11.7 Å². The summed E-state index contributed by atoms with van der Waals surface area (Å²) in [5, 5.41) is 0. The number of nitrogens with two attached hydrogens (primary N) is 1. The summed E-state index contributed by atoms with van der Waals surface area (Å²) in [6, 6.07) is 3.04. The molecule has 1 aromatic carbocycles. The SMILES string of the molecule is COC(=O)C1(N)CCCC1CCOc1cc(F)ccc1F. The van der Waals surface area contributed by atoms with Crippen LogP contribution in [0.25, 0.3) is 0 Å². The molecule has 2 unspecified atom stereocenters. The number of methoxy groups -OCH3 is 1. The van der Waals surface area contributed by atoms with Crippen LogP contribution in [0.3, 0.4) is 0 Å². The van der Waals surface area contributed by atoms with Crippen LogP contribution in [0.1, 0.15) is 25.7 Å². The van der Waals surface area contributed by atoms with Gasteiger partial charge in [-0.25, -0.2) is 8.78 Å². The third kappa shape index (κ3) is 3.32. The molecule has 1 saturated carbocycles. The molecule has 0 aromatic heterocycles. The molecule has 0 amide bonds. The van der Waals surface area contributed by atoms with Gasteiger partial charge in [0.1, 0.15) is 11.4 Å². The molecule has 1 aromatic rings. The molecule has 4 nitrogen and oxygen atoms in total. The zero-order valence-electron chi connectivity index (χ0n) is 11.9. The highest BCUT2D eigenvalue weighted by atomic mass is 19.1. The molecule has 2 atom stereocenters. The minimum absolute atomic E-state index is 0.0819. The summed E-state index contributed by atoms with van der Waals surface area (Å²) < 4.78 is 36.5. The maximum Gasteiger partial charge on any atom is 0.326 e. The van der Waals surface area contributed by atoms with E-state index in [0.717, 1.165) is 31.0 Å². The number of rotatable bonds is 5. The van der Waals surface area contributed by atoms with Gasteiger partial charge >= 0.3 is 5.97 Å². The third-order valence-electron chi connectivity index (χ3n) is 4.05. The van der Waals surface area contributed by atoms with Crippen molar-refractivity contribution in [2.45, 2.75) is 31.2 Å². The molecule has 2 rings (SSSR count). The highest BCUT2D eigenvalue weighted by Gasteiger charge is 2.46. The Hall–Kier alpha value is -1.69. The molecule has 116 valence electrons. The Balaban J connectivity index is 1.94. The van der Waals surface area contributed by atoms with Crippen LogP contribution in [-0.4, -0.2) is 25.2 Å². The summed E-state index contributed by atoms with van der Waals surface area (Å²) in [7, 11) is 1.31. The Bertz CT molecular complexity index is 524. The Kier molecular flexibility index (Phi) is 4.77. The molecule has 1 aliphatic rings. The molecule has 2 N–H and O–H groups in total. The molecule has 21 heavy (non-hydrogen) atoms. The Morgan fingerprint density at radius 2 is 2.24 bits per heavy atom. The van der Waals surface area contributed by atoms with E-state index in [1.807, 2.05) is 0 Å². The molecule has 0 aliphatic heterocycles. The van der Waals surface area contributed by atoms with Crippen molar-refractivity contribution in [2.75, 3.05) is 13.7 Å². The standard InChI is InChI=1S/C15H19F2NO3/c1-20-14(19)15(18)7-2-3-10(15)6-8-21-13-9-11(16)4-5-12(13)17/h4-5,9-10H,2-3,6-8,18H2,1H3. The molecule has 1 aliphatic carbocycles. The van der Waals surface area contributed by atoms with Crippen molar-refractivity contribution in [1.29, 1.82) is 0 Å². The molecule has 1 fully saturated rings. The molecule has 0 bridgehead atoms. The van der Waals surface area contributed by atoms with Gasteiger partial charge in [0.05, 0.1) is 13.7 Å². The summed E-state index contributed by atoms with van der Waals surface area (Å²) in [6.07, 6.45) is 2.69. The number of ether oxygens (including phenoxy) is 2. The van der Waals surface area contributed by atoms with Gasteiger partial charge in [-0.05, 0) is 37.3 Å². The lowest BCUT2D eigenvalue weighted by molar-refractivity contribution is -0.148. The first-order valence-corrected chi connectivity index (χ1v) is 6.92. The monoisotopic (exact) mass is 299 g/mol. The van der Waals surface area contributed by atoms with E-state index in [1.54, 1.807) is 0 Å². The van der Waals surface area contributed by atoms with Crippen LogP contribution in [0.5, 0.6) is 5.75 Å². The van der Waals surface area contributed by atoms with Crippen molar-refractivity contribution in [3.63, 3.8) is 0 Å². The van der Waals surface area contributed by atoms with E-state index >= 15 is 0 Å². The highest BCUT2D eigenvalue weighted by molar-refractivity contribution is 5.81. The number of carbonyl (C=O) groups is 1. The number of hydrogen-bond acceptors (Lipinski definition) is 4. The predicted molar refractivity (Wildman–Crippen MR) is 72.7 cm³/mol. The van der Waals surface area contributed by atoms with E-state index in [9.17, 15) is 13.6 Å². The number of esters is 1. The first kappa shape index (κ1) is 15.7. The minimum atomic E-state index is -1.00. The molecule has 6 heteroatoms. The van der Waals surface area contributed by atoms with Gasteiger partial charge in [-0.2, -0.15) is 0 Å². The van der Waals surface area contributed by atoms with E-state index in [4.69, 9.17) is 15.2 Å². The summed E-state index contributed by atoms with van der Waals surface area (Å²) in [5.74, 6) is -1.82. The van der Waals surface area contributed by atoms with Gasteiger partial charge in [0.25, 0.3) is 0 Å². The summed E-state index contributed by atoms with van der Waals surface area (Å²) in [4.78, 5) is 11.8. The van der Waals surface area contributed by atoms with Crippen molar-refractivity contribution in [3.8, 4) is 5.75 Å². The van der Waals surface area contributed by atoms with Gasteiger partial charge < -0.3 is 15.2 Å². The fraction of sp³-hybridized carbons (Fsp3) is 0.533. The van der Waals surface area contributed by atoms with Gasteiger partial charge in [-0.15, -0.1) is 0 Å². The smallest absolute Gasteiger partial charge is 0.326 e. The summed E-state index contributed by atoms with van der Waals surface area (Å²) in [6.45, 7) is 0.168. The number of carbonyl (C=O) groups excluding carboxylic acids is 1. The van der Waals surface area contributed by atoms with Crippen LogP contribution >= 0.6 is 0 Å². The topological polar surface area (TPSA) is 61.5 Å². The highest BCUT2D eigenvalue weighted by Crippen LogP contribution is 2.37. The Labute approximate surface area is 122 Å². The van der Waals surface area contributed by atoms with Crippen molar-refractivity contribution in [3.05, 3.63) is 29.8 Å². The molecular weight excluding hydrogens is 280 g/mol. The average Bonchev–Trinajstić information content (AvgIpc) is 2.84. The lowest BCUT2D eigenvalue weighted by Gasteiger charge is -2.28. The van der Waals surface area contributed by atoms with Crippen LogP contribution in [-0.2, 0) is 9.53 Å². The second-order valence-electron chi connectivity index (χ2n) is 5.33. The number of benzene rings is 1. The Morgan fingerprint density at radius 3 is 2.95 bits per heavy atom. The van der Waals surface area contributed by atoms with Gasteiger partial charge in [0, 0.05) is 6.07 Å². The fourth-order valence-electron chi connectivity index (χ4n) is 2.86. The minimum Gasteiger partial charge on any atom is -0.490 e. The first-order valence-electron chi connectivity index (χ1n) is 6.92. The lowest BCUT2D eigenvalue weighted by atomic mass is 9.86. The van der Waals surface area contributed by atoms with Crippen molar-refractivity contribution in [1.82, 2.24) is 0 Å². The second-order valence-corrected chi connectivity index (χ2v) is 5.33. The van der Waals surface area contributed by atoms with Gasteiger partial charge in [-0.3, -0.25) is 4.79 Å². The molecule has 0 spiro atoms. The van der Waals surface area contributed by atoms with E-state index < -0.39 is 23.1 Å².